The van der Waals surface area contributed by atoms with Gasteiger partial charge in [0.15, 0.2) is 0 Å². The second-order valence-corrected chi connectivity index (χ2v) is 4.22. The summed E-state index contributed by atoms with van der Waals surface area (Å²) in [6.45, 7) is 2.10. The Labute approximate surface area is 88.7 Å². The molecule has 3 heteroatoms. The molecule has 0 aromatic rings. The lowest BCUT2D eigenvalue weighted by Gasteiger charge is -2.21. The second-order valence-electron chi connectivity index (χ2n) is 4.22. The van der Waals surface area contributed by atoms with Crippen LogP contribution in [0.3, 0.4) is 0 Å². The minimum absolute atomic E-state index is 0. The summed E-state index contributed by atoms with van der Waals surface area (Å²) in [7, 11) is 0. The van der Waals surface area contributed by atoms with E-state index in [-0.39, 0.29) is 8.41 Å². The largest absolute Gasteiger partial charge is 0.396 e. The molecule has 0 saturated heterocycles. The number of ketones is 1. The molecule has 0 spiro atoms. The molecule has 2 saturated carbocycles. The predicted octanol–water partition coefficient (Wildman–Crippen LogP) is 1.77. The molecule has 2 rings (SSSR count). The average Bonchev–Trinajstić information content (AvgIpc) is 1.79. The van der Waals surface area contributed by atoms with Crippen molar-refractivity contribution in [3.05, 3.63) is 0 Å². The van der Waals surface area contributed by atoms with E-state index < -0.39 is 0 Å². The first kappa shape index (κ1) is 13.7. The summed E-state index contributed by atoms with van der Waals surface area (Å²) in [6, 6.07) is 0. The first-order valence-corrected chi connectivity index (χ1v) is 5.35. The number of hydrogen-bond acceptors (Lipinski definition) is 2. The van der Waals surface area contributed by atoms with Gasteiger partial charge in [0.05, 0.1) is 0 Å². The van der Waals surface area contributed by atoms with Crippen LogP contribution in [0.2, 0.25) is 0 Å². The molecule has 0 unspecified atom stereocenters. The van der Waals surface area contributed by atoms with Gasteiger partial charge in [-0.2, -0.15) is 0 Å². The molecule has 2 fully saturated rings. The van der Waals surface area contributed by atoms with Crippen LogP contribution in [0, 0.1) is 11.8 Å². The van der Waals surface area contributed by atoms with Crippen molar-refractivity contribution >= 4 is 14.2 Å². The molecule has 2 nitrogen and oxygen atoms in total. The van der Waals surface area contributed by atoms with Crippen molar-refractivity contribution in [2.24, 2.45) is 11.8 Å². The van der Waals surface area contributed by atoms with Gasteiger partial charge in [-0.05, 0) is 38.5 Å². The molecule has 1 N–H and O–H groups in total. The molecule has 2 aliphatic carbocycles. The van der Waals surface area contributed by atoms with E-state index in [1.165, 1.54) is 25.7 Å². The van der Waals surface area contributed by atoms with Crippen molar-refractivity contribution < 1.29 is 9.90 Å². The Morgan fingerprint density at radius 2 is 1.71 bits per heavy atom. The van der Waals surface area contributed by atoms with Gasteiger partial charge in [0.25, 0.3) is 0 Å². The Kier molecular flexibility index (Phi) is 6.90. The van der Waals surface area contributed by atoms with Gasteiger partial charge in [0.1, 0.15) is 5.78 Å². The number of rotatable bonds is 2. The average molecular weight is 195 g/mol. The summed E-state index contributed by atoms with van der Waals surface area (Å²) in [6.07, 6.45) is 7.42. The van der Waals surface area contributed by atoms with Gasteiger partial charge in [-0.1, -0.05) is 12.8 Å². The van der Waals surface area contributed by atoms with Crippen LogP contribution in [0.5, 0.6) is 0 Å². The van der Waals surface area contributed by atoms with Gasteiger partial charge in [-0.3, -0.25) is 4.79 Å². The van der Waals surface area contributed by atoms with E-state index in [4.69, 9.17) is 5.11 Å². The van der Waals surface area contributed by atoms with Crippen molar-refractivity contribution in [3.63, 3.8) is 0 Å². The first-order chi connectivity index (χ1) is 6.24. The van der Waals surface area contributed by atoms with Gasteiger partial charge in [-0.15, -0.1) is 0 Å². The second kappa shape index (κ2) is 7.05. The van der Waals surface area contributed by atoms with Crippen molar-refractivity contribution in [2.45, 2.75) is 45.4 Å². The summed E-state index contributed by atoms with van der Waals surface area (Å²) in [5.74, 6) is 1.50. The van der Waals surface area contributed by atoms with Crippen molar-refractivity contribution in [1.82, 2.24) is 0 Å². The summed E-state index contributed by atoms with van der Waals surface area (Å²) in [5, 5.41) is 8.39. The molecular weight excluding hydrogens is 175 g/mol. The number of carbonyl (C=O) groups excluding carboxylic acids is 1. The van der Waals surface area contributed by atoms with Crippen LogP contribution >= 0.6 is 0 Å². The zero-order valence-corrected chi connectivity index (χ0v) is 9.04. The Bertz CT molecular complexity index is 160. The number of aliphatic hydroxyl groups excluding tert-OH is 1. The van der Waals surface area contributed by atoms with Crippen molar-refractivity contribution in [2.75, 3.05) is 6.61 Å². The Balaban J connectivity index is 0.000000227. The normalized spacial score (nSPS) is 20.7. The number of hydrogen-bond donors (Lipinski definition) is 1. The highest BCUT2D eigenvalue weighted by Crippen LogP contribution is 2.26. The standard InChI is InChI=1S/C6H10O.C5H10O.B/c1-5(7)6-3-2-4-6;6-4-5-2-1-3-5;/h6H,2-4H2,1H3;5-6H,1-4H2;. The van der Waals surface area contributed by atoms with Gasteiger partial charge in [0.2, 0.25) is 0 Å². The maximum absolute atomic E-state index is 10.4. The van der Waals surface area contributed by atoms with Gasteiger partial charge >= 0.3 is 0 Å². The van der Waals surface area contributed by atoms with Gasteiger partial charge < -0.3 is 5.11 Å². The van der Waals surface area contributed by atoms with E-state index in [1.807, 2.05) is 0 Å². The number of aliphatic hydroxyl groups is 1. The first-order valence-electron chi connectivity index (χ1n) is 5.35. The quantitative estimate of drug-likeness (QED) is 0.682. The fraction of sp³-hybridized carbons (Fsp3) is 0.909. The van der Waals surface area contributed by atoms with Gasteiger partial charge in [-0.25, -0.2) is 0 Å². The third kappa shape index (κ3) is 4.27. The molecule has 0 amide bonds. The summed E-state index contributed by atoms with van der Waals surface area (Å²) < 4.78 is 0. The number of Topliss-reactive ketones (excluding diaryl/α,β-unsaturated/α-hetero) is 1. The van der Waals surface area contributed by atoms with Crippen LogP contribution in [-0.2, 0) is 4.79 Å². The van der Waals surface area contributed by atoms with E-state index in [2.05, 4.69) is 0 Å². The third-order valence-corrected chi connectivity index (χ3v) is 3.16. The van der Waals surface area contributed by atoms with Crippen LogP contribution in [0.15, 0.2) is 0 Å². The Morgan fingerprint density at radius 1 is 1.21 bits per heavy atom. The Morgan fingerprint density at radius 3 is 1.71 bits per heavy atom. The molecule has 14 heavy (non-hydrogen) atoms. The topological polar surface area (TPSA) is 37.3 Å². The highest BCUT2D eigenvalue weighted by atomic mass is 16.3. The number of carbonyl (C=O) groups is 1. The molecule has 0 bridgehead atoms. The lowest BCUT2D eigenvalue weighted by molar-refractivity contribution is -0.122. The summed E-state index contributed by atoms with van der Waals surface area (Å²) in [4.78, 5) is 10.4. The summed E-state index contributed by atoms with van der Waals surface area (Å²) in [5.41, 5.74) is 0. The molecule has 2 aliphatic rings. The maximum Gasteiger partial charge on any atom is 0.132 e. The smallest absolute Gasteiger partial charge is 0.132 e. The highest BCUT2D eigenvalue weighted by molar-refractivity contribution is 5.78. The predicted molar refractivity (Wildman–Crippen MR) is 58.2 cm³/mol. The fourth-order valence-corrected chi connectivity index (χ4v) is 1.49. The van der Waals surface area contributed by atoms with Crippen LogP contribution in [-0.4, -0.2) is 25.9 Å². The Hall–Kier alpha value is -0.305. The van der Waals surface area contributed by atoms with Crippen LogP contribution in [0.1, 0.15) is 45.4 Å². The van der Waals surface area contributed by atoms with E-state index in [1.54, 1.807) is 6.92 Å². The molecule has 79 valence electrons. The van der Waals surface area contributed by atoms with Crippen LogP contribution in [0.4, 0.5) is 0 Å². The van der Waals surface area contributed by atoms with Gasteiger partial charge in [0, 0.05) is 20.9 Å². The molecular formula is C11H20BO2. The van der Waals surface area contributed by atoms with Crippen molar-refractivity contribution in [3.8, 4) is 0 Å². The fourth-order valence-electron chi connectivity index (χ4n) is 1.49. The lowest BCUT2D eigenvalue weighted by Crippen LogP contribution is -2.18. The van der Waals surface area contributed by atoms with E-state index in [0.29, 0.717) is 24.2 Å². The third-order valence-electron chi connectivity index (χ3n) is 3.16. The molecule has 0 heterocycles. The van der Waals surface area contributed by atoms with E-state index >= 15 is 0 Å². The molecule has 0 aromatic heterocycles. The molecule has 0 atom stereocenters. The molecule has 0 aromatic carbocycles. The summed E-state index contributed by atoms with van der Waals surface area (Å²) >= 11 is 0. The SMILES string of the molecule is CC(=O)C1CCC1.OCC1CCC1.[B]. The van der Waals surface area contributed by atoms with E-state index in [9.17, 15) is 4.79 Å². The van der Waals surface area contributed by atoms with Crippen molar-refractivity contribution in [1.29, 1.82) is 0 Å². The van der Waals surface area contributed by atoms with Crippen LogP contribution in [0.25, 0.3) is 0 Å². The zero-order chi connectivity index (χ0) is 9.68. The van der Waals surface area contributed by atoms with E-state index in [0.717, 1.165) is 12.8 Å². The molecule has 0 aliphatic heterocycles. The highest BCUT2D eigenvalue weighted by Gasteiger charge is 2.20. The zero-order valence-electron chi connectivity index (χ0n) is 9.04. The monoisotopic (exact) mass is 195 g/mol. The maximum atomic E-state index is 10.4. The van der Waals surface area contributed by atoms with Crippen LogP contribution < -0.4 is 0 Å². The lowest BCUT2D eigenvalue weighted by atomic mass is 9.83. The minimum atomic E-state index is 0. The minimum Gasteiger partial charge on any atom is -0.396 e. The molecule has 3 radical (unpaired) electrons.